The molecule has 0 saturated carbocycles. The molecule has 2 aromatic rings. The molecule has 0 spiro atoms. The summed E-state index contributed by atoms with van der Waals surface area (Å²) in [6.45, 7) is 5.19. The molecule has 1 fully saturated rings. The second-order valence-electron chi connectivity index (χ2n) is 4.99. The van der Waals surface area contributed by atoms with Crippen LogP contribution in [0.1, 0.15) is 6.92 Å². The number of nitrogens with zero attached hydrogens (tertiary/aromatic N) is 2. The fraction of sp³-hybridized carbons (Fsp3) is 0.400. The maximum Gasteiger partial charge on any atom is 0.136 e. The number of pyridine rings is 1. The van der Waals surface area contributed by atoms with E-state index in [4.69, 9.17) is 4.74 Å². The molecule has 1 aliphatic heterocycles. The Morgan fingerprint density at radius 1 is 1.32 bits per heavy atom. The molecule has 4 heteroatoms. The minimum atomic E-state index is 0.497. The Bertz CT molecular complexity index is 585. The normalized spacial score (nSPS) is 19.7. The summed E-state index contributed by atoms with van der Waals surface area (Å²) in [5, 5.41) is 5.75. The zero-order chi connectivity index (χ0) is 13.2. The number of benzene rings is 1. The van der Waals surface area contributed by atoms with Gasteiger partial charge < -0.3 is 15.0 Å². The van der Waals surface area contributed by atoms with Crippen LogP contribution in [-0.4, -0.2) is 37.8 Å². The minimum Gasteiger partial charge on any atom is -0.496 e. The van der Waals surface area contributed by atoms with Gasteiger partial charge in [-0.3, -0.25) is 0 Å². The number of hydrogen-bond donors (Lipinski definition) is 1. The molecule has 0 bridgehead atoms. The first-order chi connectivity index (χ1) is 9.29. The van der Waals surface area contributed by atoms with Crippen LogP contribution < -0.4 is 15.0 Å². The Kier molecular flexibility index (Phi) is 3.25. The molecule has 1 aromatic carbocycles. The van der Waals surface area contributed by atoms with Gasteiger partial charge in [0.05, 0.1) is 7.11 Å². The molecule has 1 saturated heterocycles. The Labute approximate surface area is 113 Å². The van der Waals surface area contributed by atoms with Crippen molar-refractivity contribution in [2.45, 2.75) is 13.0 Å². The zero-order valence-corrected chi connectivity index (χ0v) is 11.4. The molecular formula is C15H19N3O. The summed E-state index contributed by atoms with van der Waals surface area (Å²) in [5.74, 6) is 1.97. The van der Waals surface area contributed by atoms with Crippen molar-refractivity contribution in [1.29, 1.82) is 0 Å². The second-order valence-corrected chi connectivity index (χ2v) is 4.99. The molecule has 1 aliphatic rings. The highest BCUT2D eigenvalue weighted by Crippen LogP contribution is 2.31. The zero-order valence-electron chi connectivity index (χ0n) is 11.4. The maximum absolute atomic E-state index is 5.43. The van der Waals surface area contributed by atoms with E-state index in [1.54, 1.807) is 7.11 Å². The van der Waals surface area contributed by atoms with Gasteiger partial charge >= 0.3 is 0 Å². The predicted octanol–water partition coefficient (Wildman–Crippen LogP) is 2.04. The summed E-state index contributed by atoms with van der Waals surface area (Å²) >= 11 is 0. The van der Waals surface area contributed by atoms with Crippen molar-refractivity contribution in [3.05, 3.63) is 30.5 Å². The van der Waals surface area contributed by atoms with Crippen LogP contribution in [-0.2, 0) is 0 Å². The van der Waals surface area contributed by atoms with Crippen molar-refractivity contribution in [3.8, 4) is 5.75 Å². The van der Waals surface area contributed by atoms with Gasteiger partial charge in [-0.05, 0) is 19.1 Å². The third-order valence-corrected chi connectivity index (χ3v) is 3.63. The van der Waals surface area contributed by atoms with Gasteiger partial charge in [-0.1, -0.05) is 12.1 Å². The number of piperazine rings is 1. The molecule has 3 rings (SSSR count). The Morgan fingerprint density at radius 2 is 2.21 bits per heavy atom. The lowest BCUT2D eigenvalue weighted by Gasteiger charge is -2.33. The first-order valence-corrected chi connectivity index (χ1v) is 6.69. The van der Waals surface area contributed by atoms with Crippen LogP contribution in [0.2, 0.25) is 0 Å². The summed E-state index contributed by atoms with van der Waals surface area (Å²) < 4.78 is 5.43. The van der Waals surface area contributed by atoms with Gasteiger partial charge in [0, 0.05) is 42.6 Å². The van der Waals surface area contributed by atoms with E-state index >= 15 is 0 Å². The van der Waals surface area contributed by atoms with E-state index in [0.29, 0.717) is 6.04 Å². The van der Waals surface area contributed by atoms with Crippen LogP contribution in [0.25, 0.3) is 10.8 Å². The van der Waals surface area contributed by atoms with Crippen LogP contribution >= 0.6 is 0 Å². The molecule has 0 unspecified atom stereocenters. The van der Waals surface area contributed by atoms with Crippen LogP contribution in [0.4, 0.5) is 5.82 Å². The second kappa shape index (κ2) is 5.05. The molecule has 0 aliphatic carbocycles. The fourth-order valence-electron chi connectivity index (χ4n) is 2.72. The van der Waals surface area contributed by atoms with Crippen molar-refractivity contribution in [2.75, 3.05) is 31.6 Å². The van der Waals surface area contributed by atoms with Gasteiger partial charge in [-0.15, -0.1) is 0 Å². The number of nitrogens with one attached hydrogen (secondary N) is 1. The number of hydrogen-bond acceptors (Lipinski definition) is 4. The van der Waals surface area contributed by atoms with Crippen LogP contribution in [0.5, 0.6) is 5.75 Å². The number of methoxy groups -OCH3 is 1. The molecular weight excluding hydrogens is 238 g/mol. The van der Waals surface area contributed by atoms with Gasteiger partial charge in [-0.2, -0.15) is 0 Å². The molecule has 19 heavy (non-hydrogen) atoms. The van der Waals surface area contributed by atoms with E-state index in [0.717, 1.165) is 42.0 Å². The molecule has 1 atom stereocenters. The molecule has 2 heterocycles. The first-order valence-electron chi connectivity index (χ1n) is 6.69. The standard InChI is InChI=1S/C15H19N3O/c1-11-10-18(9-8-16-11)15-13-4-3-5-14(19-2)12(13)6-7-17-15/h3-7,11,16H,8-10H2,1-2H3/t11-/m0/s1. The topological polar surface area (TPSA) is 37.4 Å². The van der Waals surface area contributed by atoms with E-state index < -0.39 is 0 Å². The van der Waals surface area contributed by atoms with Crippen molar-refractivity contribution < 1.29 is 4.74 Å². The van der Waals surface area contributed by atoms with Crippen LogP contribution in [0, 0.1) is 0 Å². The van der Waals surface area contributed by atoms with E-state index in [-0.39, 0.29) is 0 Å². The molecule has 4 nitrogen and oxygen atoms in total. The summed E-state index contributed by atoms with van der Waals surface area (Å²) in [4.78, 5) is 6.93. The van der Waals surface area contributed by atoms with E-state index in [1.165, 1.54) is 0 Å². The molecule has 100 valence electrons. The summed E-state index contributed by atoms with van der Waals surface area (Å²) in [5.41, 5.74) is 0. The summed E-state index contributed by atoms with van der Waals surface area (Å²) in [6.07, 6.45) is 1.87. The average Bonchev–Trinajstić information content (AvgIpc) is 2.46. The van der Waals surface area contributed by atoms with Crippen molar-refractivity contribution in [2.24, 2.45) is 0 Å². The lowest BCUT2D eigenvalue weighted by molar-refractivity contribution is 0.420. The van der Waals surface area contributed by atoms with E-state index in [9.17, 15) is 0 Å². The number of aromatic nitrogens is 1. The third-order valence-electron chi connectivity index (χ3n) is 3.63. The lowest BCUT2D eigenvalue weighted by atomic mass is 10.1. The number of fused-ring (bicyclic) bond motifs is 1. The molecule has 0 radical (unpaired) electrons. The monoisotopic (exact) mass is 257 g/mol. The van der Waals surface area contributed by atoms with Crippen LogP contribution in [0.3, 0.4) is 0 Å². The van der Waals surface area contributed by atoms with Crippen molar-refractivity contribution in [1.82, 2.24) is 10.3 Å². The Balaban J connectivity index is 2.08. The number of rotatable bonds is 2. The van der Waals surface area contributed by atoms with Crippen molar-refractivity contribution in [3.63, 3.8) is 0 Å². The minimum absolute atomic E-state index is 0.497. The van der Waals surface area contributed by atoms with Gasteiger partial charge in [0.2, 0.25) is 0 Å². The first kappa shape index (κ1) is 12.2. The number of ether oxygens (including phenoxy) is 1. The predicted molar refractivity (Wildman–Crippen MR) is 78.0 cm³/mol. The van der Waals surface area contributed by atoms with Gasteiger partial charge in [-0.25, -0.2) is 4.98 Å². The summed E-state index contributed by atoms with van der Waals surface area (Å²) in [6, 6.07) is 8.65. The highest BCUT2D eigenvalue weighted by atomic mass is 16.5. The van der Waals surface area contributed by atoms with E-state index in [2.05, 4.69) is 28.2 Å². The summed E-state index contributed by atoms with van der Waals surface area (Å²) in [7, 11) is 1.71. The van der Waals surface area contributed by atoms with Gasteiger partial charge in [0.15, 0.2) is 0 Å². The van der Waals surface area contributed by atoms with Crippen LogP contribution in [0.15, 0.2) is 30.5 Å². The molecule has 1 aromatic heterocycles. The molecule has 1 N–H and O–H groups in total. The Hall–Kier alpha value is -1.81. The SMILES string of the molecule is COc1cccc2c(N3CCN[C@@H](C)C3)nccc12. The molecule has 0 amide bonds. The van der Waals surface area contributed by atoms with Gasteiger partial charge in [0.25, 0.3) is 0 Å². The number of anilines is 1. The highest BCUT2D eigenvalue weighted by Gasteiger charge is 2.19. The van der Waals surface area contributed by atoms with Gasteiger partial charge in [0.1, 0.15) is 11.6 Å². The third kappa shape index (κ3) is 2.24. The average molecular weight is 257 g/mol. The quantitative estimate of drug-likeness (QED) is 0.893. The smallest absolute Gasteiger partial charge is 0.136 e. The maximum atomic E-state index is 5.43. The fourth-order valence-corrected chi connectivity index (χ4v) is 2.72. The Morgan fingerprint density at radius 3 is 3.00 bits per heavy atom. The largest absolute Gasteiger partial charge is 0.496 e. The van der Waals surface area contributed by atoms with E-state index in [1.807, 2.05) is 24.4 Å². The van der Waals surface area contributed by atoms with Crippen molar-refractivity contribution >= 4 is 16.6 Å². The highest BCUT2D eigenvalue weighted by molar-refractivity contribution is 5.96. The lowest BCUT2D eigenvalue weighted by Crippen LogP contribution is -2.49.